The molecule has 0 spiro atoms. The summed E-state index contributed by atoms with van der Waals surface area (Å²) in [5.41, 5.74) is 2.85. The van der Waals surface area contributed by atoms with Gasteiger partial charge in [-0.3, -0.25) is 9.36 Å². The molecule has 8 nitrogen and oxygen atoms in total. The Labute approximate surface area is 204 Å². The maximum Gasteiger partial charge on any atom is 0.234 e. The Morgan fingerprint density at radius 3 is 2.41 bits per heavy atom. The van der Waals surface area contributed by atoms with Gasteiger partial charge in [-0.2, -0.15) is 0 Å². The minimum Gasteiger partial charge on any atom is -0.490 e. The van der Waals surface area contributed by atoms with Crippen LogP contribution in [0.25, 0.3) is 5.69 Å². The normalized spacial score (nSPS) is 13.2. The number of ether oxygens (including phenoxy) is 2. The van der Waals surface area contributed by atoms with Gasteiger partial charge in [0.1, 0.15) is 0 Å². The van der Waals surface area contributed by atoms with Crippen LogP contribution in [0.2, 0.25) is 0 Å². The monoisotopic (exact) mass is 481 g/mol. The molecule has 0 radical (unpaired) electrons. The largest absolute Gasteiger partial charge is 0.490 e. The maximum absolute atomic E-state index is 12.7. The summed E-state index contributed by atoms with van der Waals surface area (Å²) in [4.78, 5) is 15.0. The highest BCUT2D eigenvalue weighted by atomic mass is 32.2. The van der Waals surface area contributed by atoms with Crippen molar-refractivity contribution in [2.45, 2.75) is 38.8 Å². The zero-order valence-corrected chi connectivity index (χ0v) is 20.7. The summed E-state index contributed by atoms with van der Waals surface area (Å²) in [5.74, 6) is 2.19. The highest BCUT2D eigenvalue weighted by Crippen LogP contribution is 2.31. The van der Waals surface area contributed by atoms with E-state index in [1.54, 1.807) is 6.07 Å². The molecule has 1 amide bonds. The number of nitrogens with zero attached hydrogens (tertiary/aromatic N) is 4. The Kier molecular flexibility index (Phi) is 7.95. The van der Waals surface area contributed by atoms with Gasteiger partial charge in [0.25, 0.3) is 0 Å². The van der Waals surface area contributed by atoms with Gasteiger partial charge in [-0.05, 0) is 57.9 Å². The number of rotatable bonds is 10. The smallest absolute Gasteiger partial charge is 0.234 e. The second kappa shape index (κ2) is 11.3. The van der Waals surface area contributed by atoms with E-state index in [2.05, 4.69) is 51.6 Å². The van der Waals surface area contributed by atoms with Crippen molar-refractivity contribution in [3.63, 3.8) is 0 Å². The number of carbonyl (C=O) groups excluding carboxylic acids is 1. The molecule has 1 aliphatic heterocycles. The summed E-state index contributed by atoms with van der Waals surface area (Å²) in [6.45, 7) is 8.90. The SMILES string of the molecule is CCOc1ccc(NC(=O)CSc2nnc(N3CCCC3)n2-c2ccc(C)cc2)cc1OCC. The van der Waals surface area contributed by atoms with Crippen molar-refractivity contribution in [3.8, 4) is 17.2 Å². The van der Waals surface area contributed by atoms with Gasteiger partial charge in [-0.15, -0.1) is 10.2 Å². The van der Waals surface area contributed by atoms with Gasteiger partial charge >= 0.3 is 0 Å². The number of amides is 1. The molecular weight excluding hydrogens is 450 g/mol. The summed E-state index contributed by atoms with van der Waals surface area (Å²) in [5, 5.41) is 12.5. The molecule has 1 saturated heterocycles. The van der Waals surface area contributed by atoms with Gasteiger partial charge in [-0.25, -0.2) is 0 Å². The average Bonchev–Trinajstić information content (AvgIpc) is 3.50. The highest BCUT2D eigenvalue weighted by molar-refractivity contribution is 7.99. The highest BCUT2D eigenvalue weighted by Gasteiger charge is 2.23. The number of carbonyl (C=O) groups is 1. The van der Waals surface area contributed by atoms with Crippen LogP contribution >= 0.6 is 11.8 Å². The van der Waals surface area contributed by atoms with E-state index in [0.29, 0.717) is 35.6 Å². The molecule has 3 aromatic rings. The summed E-state index contributed by atoms with van der Waals surface area (Å²) in [6.07, 6.45) is 2.30. The molecule has 0 aliphatic carbocycles. The average molecular weight is 482 g/mol. The number of nitrogens with one attached hydrogen (secondary N) is 1. The van der Waals surface area contributed by atoms with Gasteiger partial charge in [-0.1, -0.05) is 29.5 Å². The van der Waals surface area contributed by atoms with Crippen LogP contribution in [0.15, 0.2) is 47.6 Å². The van der Waals surface area contributed by atoms with Crippen LogP contribution in [0, 0.1) is 6.92 Å². The van der Waals surface area contributed by atoms with Gasteiger partial charge in [0.05, 0.1) is 24.7 Å². The number of aryl methyl sites for hydroxylation is 1. The van der Waals surface area contributed by atoms with Crippen molar-refractivity contribution in [1.29, 1.82) is 0 Å². The zero-order valence-electron chi connectivity index (χ0n) is 19.9. The Hall–Kier alpha value is -3.20. The van der Waals surface area contributed by atoms with Crippen LogP contribution < -0.4 is 19.7 Å². The lowest BCUT2D eigenvalue weighted by Gasteiger charge is -2.18. The minimum absolute atomic E-state index is 0.127. The lowest BCUT2D eigenvalue weighted by Crippen LogP contribution is -2.22. The van der Waals surface area contributed by atoms with Crippen molar-refractivity contribution < 1.29 is 14.3 Å². The molecule has 34 heavy (non-hydrogen) atoms. The first-order chi connectivity index (χ1) is 16.6. The van der Waals surface area contributed by atoms with Gasteiger partial charge in [0.15, 0.2) is 16.7 Å². The van der Waals surface area contributed by atoms with Crippen molar-refractivity contribution >= 4 is 29.3 Å². The number of thioether (sulfide) groups is 1. The van der Waals surface area contributed by atoms with Crippen molar-refractivity contribution in [2.75, 3.05) is 42.3 Å². The molecule has 1 fully saturated rings. The summed E-state index contributed by atoms with van der Waals surface area (Å²) in [6, 6.07) is 13.7. The topological polar surface area (TPSA) is 81.5 Å². The molecule has 0 bridgehead atoms. The van der Waals surface area contributed by atoms with Crippen molar-refractivity contribution in [2.24, 2.45) is 0 Å². The lowest BCUT2D eigenvalue weighted by atomic mass is 10.2. The second-order valence-electron chi connectivity index (χ2n) is 8.01. The van der Waals surface area contributed by atoms with E-state index in [9.17, 15) is 4.79 Å². The van der Waals surface area contributed by atoms with Gasteiger partial charge in [0, 0.05) is 24.8 Å². The molecule has 2 aromatic carbocycles. The Bertz CT molecular complexity index is 1110. The van der Waals surface area contributed by atoms with E-state index in [1.807, 2.05) is 30.5 Å². The third-order valence-electron chi connectivity index (χ3n) is 5.46. The van der Waals surface area contributed by atoms with E-state index in [-0.39, 0.29) is 11.7 Å². The summed E-state index contributed by atoms with van der Waals surface area (Å²) in [7, 11) is 0. The Morgan fingerprint density at radius 1 is 1.00 bits per heavy atom. The number of hydrogen-bond acceptors (Lipinski definition) is 7. The molecule has 1 aromatic heterocycles. The molecule has 0 unspecified atom stereocenters. The van der Waals surface area contributed by atoms with Crippen LogP contribution in [0.1, 0.15) is 32.3 Å². The van der Waals surface area contributed by atoms with Crippen LogP contribution in [0.5, 0.6) is 11.5 Å². The number of anilines is 2. The quantitative estimate of drug-likeness (QED) is 0.420. The Balaban J connectivity index is 1.48. The molecular formula is C25H31N5O3S. The first-order valence-electron chi connectivity index (χ1n) is 11.7. The Morgan fingerprint density at radius 2 is 1.71 bits per heavy atom. The fourth-order valence-corrected chi connectivity index (χ4v) is 4.60. The number of aromatic nitrogens is 3. The molecule has 9 heteroatoms. The molecule has 0 atom stereocenters. The van der Waals surface area contributed by atoms with E-state index in [4.69, 9.17) is 9.47 Å². The fourth-order valence-electron chi connectivity index (χ4n) is 3.85. The standard InChI is InChI=1S/C25H31N5O3S/c1-4-32-21-13-10-19(16-22(21)33-5-2)26-23(31)17-34-25-28-27-24(29-14-6-7-15-29)30(25)20-11-8-18(3)9-12-20/h8-13,16H,4-7,14-15,17H2,1-3H3,(H,26,31). The lowest BCUT2D eigenvalue weighted by molar-refractivity contribution is -0.113. The van der Waals surface area contributed by atoms with E-state index < -0.39 is 0 Å². The molecule has 1 aliphatic rings. The maximum atomic E-state index is 12.7. The number of hydrogen-bond donors (Lipinski definition) is 1. The molecule has 180 valence electrons. The second-order valence-corrected chi connectivity index (χ2v) is 8.95. The van der Waals surface area contributed by atoms with Gasteiger partial charge in [0.2, 0.25) is 11.9 Å². The van der Waals surface area contributed by atoms with Crippen LogP contribution in [0.3, 0.4) is 0 Å². The van der Waals surface area contributed by atoms with Crippen molar-refractivity contribution in [1.82, 2.24) is 14.8 Å². The molecule has 4 rings (SSSR count). The first kappa shape index (κ1) is 23.9. The van der Waals surface area contributed by atoms with Crippen LogP contribution in [-0.2, 0) is 4.79 Å². The number of benzene rings is 2. The molecule has 2 heterocycles. The predicted molar refractivity (Wildman–Crippen MR) is 136 cm³/mol. The summed E-state index contributed by atoms with van der Waals surface area (Å²) >= 11 is 1.37. The third kappa shape index (κ3) is 5.64. The predicted octanol–water partition coefficient (Wildman–Crippen LogP) is 4.70. The van der Waals surface area contributed by atoms with Crippen molar-refractivity contribution in [3.05, 3.63) is 48.0 Å². The van der Waals surface area contributed by atoms with Crippen LogP contribution in [-0.4, -0.2) is 52.7 Å². The minimum atomic E-state index is -0.127. The molecule has 0 saturated carbocycles. The van der Waals surface area contributed by atoms with E-state index in [1.165, 1.54) is 17.3 Å². The summed E-state index contributed by atoms with van der Waals surface area (Å²) < 4.78 is 13.3. The zero-order chi connectivity index (χ0) is 23.9. The molecule has 1 N–H and O–H groups in total. The van der Waals surface area contributed by atoms with Gasteiger partial charge < -0.3 is 19.7 Å². The van der Waals surface area contributed by atoms with Crippen LogP contribution in [0.4, 0.5) is 11.6 Å². The first-order valence-corrected chi connectivity index (χ1v) is 12.7. The van der Waals surface area contributed by atoms with E-state index >= 15 is 0 Å². The third-order valence-corrected chi connectivity index (χ3v) is 6.39. The fraction of sp³-hybridized carbons (Fsp3) is 0.400. The van der Waals surface area contributed by atoms with E-state index in [0.717, 1.165) is 37.6 Å².